The van der Waals surface area contributed by atoms with Gasteiger partial charge in [-0.25, -0.2) is 0 Å². The topological polar surface area (TPSA) is 110 Å². The van der Waals surface area contributed by atoms with E-state index in [1.54, 1.807) is 0 Å². The first-order chi connectivity index (χ1) is 21.0. The highest BCUT2D eigenvalue weighted by Crippen LogP contribution is 2.59. The molecule has 0 unspecified atom stereocenters. The summed E-state index contributed by atoms with van der Waals surface area (Å²) in [6.45, 7) is 7.92. The lowest BCUT2D eigenvalue weighted by Gasteiger charge is -2.46. The highest BCUT2D eigenvalue weighted by Gasteiger charge is 2.57. The van der Waals surface area contributed by atoms with Crippen LogP contribution in [0.2, 0.25) is 0 Å². The van der Waals surface area contributed by atoms with Crippen molar-refractivity contribution in [3.63, 3.8) is 0 Å². The van der Waals surface area contributed by atoms with Gasteiger partial charge in [0.15, 0.2) is 0 Å². The monoisotopic (exact) mass is 625 g/mol. The van der Waals surface area contributed by atoms with Crippen LogP contribution in [0.5, 0.6) is 0 Å². The zero-order chi connectivity index (χ0) is 31.5. The summed E-state index contributed by atoms with van der Waals surface area (Å²) in [5.74, 6) is -0.0587. The fraction of sp³-hybridized carbons (Fsp3) is 0.639. The van der Waals surface area contributed by atoms with Crippen LogP contribution < -0.4 is 0 Å². The van der Waals surface area contributed by atoms with Crippen LogP contribution in [0.1, 0.15) is 102 Å². The van der Waals surface area contributed by atoms with Gasteiger partial charge in [0.2, 0.25) is 5.78 Å². The molecule has 6 atom stereocenters. The fourth-order valence-electron chi connectivity index (χ4n) is 7.89. The number of aliphatic hydroxyl groups is 4. The molecule has 44 heavy (non-hydrogen) atoms. The van der Waals surface area contributed by atoms with Gasteiger partial charge in [-0.1, -0.05) is 30.7 Å². The first-order valence-corrected chi connectivity index (χ1v) is 17.3. The predicted molar refractivity (Wildman–Crippen MR) is 174 cm³/mol. The standard InChI is InChI=1S/C36H51NO6S/c1-24-6-4-15-35(3)32(14-16-36(35,42)23-37(20-28(40)22-38)21-29-7-5-17-43-29)30-12-10-26(18-27(39)11-8-24)19-31(30)34(41)33-13-9-25(2)44-33/h6,9-10,12-13,19,27-29,32,38-40,42H,4-5,7-8,11,14-18,20-23H2,1-3H3/t27-,28-,29+,32-,35-,36+/m0/s1. The number of benzene rings is 1. The van der Waals surface area contributed by atoms with E-state index in [-0.39, 0.29) is 31.0 Å². The number of thiophene rings is 1. The number of carbonyl (C=O) groups excluding carboxylic acids is 1. The van der Waals surface area contributed by atoms with Gasteiger partial charge >= 0.3 is 0 Å². The number of hydrogen-bond acceptors (Lipinski definition) is 8. The normalized spacial score (nSPS) is 30.3. The summed E-state index contributed by atoms with van der Waals surface area (Å²) in [5, 5.41) is 43.7. The number of fused-ring (bicyclic) bond motifs is 8. The Hall–Kier alpha value is -1.91. The second-order valence-corrected chi connectivity index (χ2v) is 15.1. The van der Waals surface area contributed by atoms with Crippen molar-refractivity contribution in [3.05, 3.63) is 68.4 Å². The molecule has 2 fully saturated rings. The molecule has 7 nitrogen and oxygen atoms in total. The smallest absolute Gasteiger partial charge is 0.203 e. The molecule has 1 saturated heterocycles. The van der Waals surface area contributed by atoms with Crippen LogP contribution in [0.25, 0.3) is 0 Å². The maximum Gasteiger partial charge on any atom is 0.203 e. The summed E-state index contributed by atoms with van der Waals surface area (Å²) in [6, 6.07) is 10.0. The Morgan fingerprint density at radius 2 is 1.98 bits per heavy atom. The van der Waals surface area contributed by atoms with E-state index in [1.165, 1.54) is 16.9 Å². The minimum Gasteiger partial charge on any atom is -0.394 e. The number of aliphatic hydroxyl groups excluding tert-OH is 3. The summed E-state index contributed by atoms with van der Waals surface area (Å²) in [6.07, 6.45) is 7.65. The van der Waals surface area contributed by atoms with E-state index in [2.05, 4.69) is 37.0 Å². The van der Waals surface area contributed by atoms with Gasteiger partial charge in [-0.15, -0.1) is 11.3 Å². The Labute approximate surface area is 266 Å². The lowest BCUT2D eigenvalue weighted by molar-refractivity contribution is -0.0945. The van der Waals surface area contributed by atoms with Crippen molar-refractivity contribution in [2.75, 3.05) is 32.8 Å². The molecule has 2 aromatic rings. The van der Waals surface area contributed by atoms with Crippen molar-refractivity contribution in [2.45, 2.75) is 108 Å². The van der Waals surface area contributed by atoms with Crippen LogP contribution in [0.4, 0.5) is 0 Å². The Balaban J connectivity index is 1.56. The molecule has 2 bridgehead atoms. The molecule has 3 aliphatic carbocycles. The third kappa shape index (κ3) is 7.38. The van der Waals surface area contributed by atoms with Gasteiger partial charge in [0, 0.05) is 42.1 Å². The molecule has 0 amide bonds. The van der Waals surface area contributed by atoms with Gasteiger partial charge in [-0.2, -0.15) is 0 Å². The fourth-order valence-corrected chi connectivity index (χ4v) is 8.71. The van der Waals surface area contributed by atoms with Gasteiger partial charge in [0.05, 0.1) is 35.4 Å². The molecule has 1 aromatic heterocycles. The average molecular weight is 626 g/mol. The number of rotatable bonds is 9. The number of hydrogen-bond donors (Lipinski definition) is 4. The van der Waals surface area contributed by atoms with Crippen molar-refractivity contribution in [3.8, 4) is 0 Å². The number of carbonyl (C=O) groups is 1. The van der Waals surface area contributed by atoms with Crippen molar-refractivity contribution < 1.29 is 30.0 Å². The molecule has 4 aliphatic rings. The first-order valence-electron chi connectivity index (χ1n) is 16.4. The molecule has 6 rings (SSSR count). The third-order valence-electron chi connectivity index (χ3n) is 10.5. The molecule has 2 heterocycles. The Bertz CT molecular complexity index is 1320. The molecule has 1 saturated carbocycles. The molecule has 242 valence electrons. The van der Waals surface area contributed by atoms with Crippen molar-refractivity contribution >= 4 is 17.1 Å². The summed E-state index contributed by atoms with van der Waals surface area (Å²) < 4.78 is 5.93. The van der Waals surface area contributed by atoms with Gasteiger partial charge in [0.1, 0.15) is 0 Å². The van der Waals surface area contributed by atoms with E-state index < -0.39 is 23.2 Å². The van der Waals surface area contributed by atoms with Crippen molar-refractivity contribution in [1.29, 1.82) is 0 Å². The van der Waals surface area contributed by atoms with Crippen LogP contribution in [-0.4, -0.2) is 87.9 Å². The Morgan fingerprint density at radius 3 is 2.68 bits per heavy atom. The molecular formula is C36H51NO6S. The first kappa shape index (κ1) is 33.5. The second kappa shape index (κ2) is 14.2. The zero-order valence-electron chi connectivity index (χ0n) is 26.6. The van der Waals surface area contributed by atoms with Crippen molar-refractivity contribution in [1.82, 2.24) is 4.90 Å². The maximum atomic E-state index is 14.1. The molecule has 1 aromatic carbocycles. The van der Waals surface area contributed by atoms with E-state index in [1.807, 2.05) is 25.1 Å². The highest BCUT2D eigenvalue weighted by atomic mass is 32.1. The van der Waals surface area contributed by atoms with Gasteiger partial charge < -0.3 is 25.2 Å². The molecule has 0 radical (unpaired) electrons. The molecule has 8 heteroatoms. The van der Waals surface area contributed by atoms with E-state index in [0.717, 1.165) is 61.1 Å². The molecular weight excluding hydrogens is 574 g/mol. The predicted octanol–water partition coefficient (Wildman–Crippen LogP) is 5.16. The largest absolute Gasteiger partial charge is 0.394 e. The summed E-state index contributed by atoms with van der Waals surface area (Å²) in [5.41, 5.74) is 2.19. The number of aryl methyl sites for hydroxylation is 1. The van der Waals surface area contributed by atoms with E-state index in [4.69, 9.17) is 4.74 Å². The average Bonchev–Trinajstić information content (AvgIpc) is 3.72. The minimum absolute atomic E-state index is 0.00106. The van der Waals surface area contributed by atoms with Crippen molar-refractivity contribution in [2.24, 2.45) is 5.41 Å². The summed E-state index contributed by atoms with van der Waals surface area (Å²) in [4.78, 5) is 18.0. The zero-order valence-corrected chi connectivity index (χ0v) is 27.5. The molecule has 0 spiro atoms. The second-order valence-electron chi connectivity index (χ2n) is 13.9. The lowest BCUT2D eigenvalue weighted by atomic mass is 9.64. The number of ether oxygens (including phenoxy) is 1. The quantitative estimate of drug-likeness (QED) is 0.225. The Morgan fingerprint density at radius 1 is 1.16 bits per heavy atom. The summed E-state index contributed by atoms with van der Waals surface area (Å²) >= 11 is 1.50. The van der Waals surface area contributed by atoms with Crippen LogP contribution in [0.15, 0.2) is 42.0 Å². The van der Waals surface area contributed by atoms with Crippen LogP contribution in [0.3, 0.4) is 0 Å². The molecule has 4 N–H and O–H groups in total. The number of nitrogens with zero attached hydrogens (tertiary/aromatic N) is 1. The highest BCUT2D eigenvalue weighted by molar-refractivity contribution is 7.14. The van der Waals surface area contributed by atoms with E-state index >= 15 is 0 Å². The van der Waals surface area contributed by atoms with Gasteiger partial charge in [-0.3, -0.25) is 9.69 Å². The third-order valence-corrected chi connectivity index (χ3v) is 11.5. The van der Waals surface area contributed by atoms with E-state index in [9.17, 15) is 25.2 Å². The lowest BCUT2D eigenvalue weighted by Crippen LogP contribution is -2.55. The SMILES string of the molecule is CC1=CCC[C@@]2(C)[C@@H](CC[C@@]2(O)CN(C[C@H](O)CO)C[C@H]2CCCO2)c2ccc(cc2C(=O)c2ccc(C)s2)C[C@@H](O)CC1. The van der Waals surface area contributed by atoms with Gasteiger partial charge in [0.25, 0.3) is 0 Å². The number of allylic oxidation sites excluding steroid dienone is 2. The van der Waals surface area contributed by atoms with Gasteiger partial charge in [-0.05, 0) is 107 Å². The van der Waals surface area contributed by atoms with Crippen LogP contribution in [0, 0.1) is 12.3 Å². The molecule has 1 aliphatic heterocycles. The van der Waals surface area contributed by atoms with Crippen LogP contribution in [-0.2, 0) is 11.2 Å². The maximum absolute atomic E-state index is 14.1. The van der Waals surface area contributed by atoms with E-state index in [0.29, 0.717) is 42.8 Å². The number of ketones is 1. The Kier molecular flexibility index (Phi) is 10.8. The van der Waals surface area contributed by atoms with Crippen LogP contribution >= 0.6 is 11.3 Å². The minimum atomic E-state index is -1.08. The summed E-state index contributed by atoms with van der Waals surface area (Å²) in [7, 11) is 0.